The lowest BCUT2D eigenvalue weighted by molar-refractivity contribution is 0.0118. The monoisotopic (exact) mass is 280 g/mol. The van der Waals surface area contributed by atoms with Gasteiger partial charge in [-0.05, 0) is 51.4 Å². The van der Waals surface area contributed by atoms with E-state index in [0.29, 0.717) is 0 Å². The smallest absolute Gasteiger partial charge is 0.0253 e. The fraction of sp³-hybridized carbons (Fsp3) is 1.00. The van der Waals surface area contributed by atoms with Gasteiger partial charge in [0.1, 0.15) is 0 Å². The second-order valence-electron chi connectivity index (χ2n) is 8.21. The summed E-state index contributed by atoms with van der Waals surface area (Å²) in [6.45, 7) is 14.2. The van der Waals surface area contributed by atoms with Gasteiger partial charge in [0.15, 0.2) is 0 Å². The average Bonchev–Trinajstić information content (AvgIpc) is 2.38. The molecule has 2 aliphatic rings. The number of piperazine rings is 1. The van der Waals surface area contributed by atoms with Gasteiger partial charge in [0.05, 0.1) is 0 Å². The molecule has 0 aromatic carbocycles. The second kappa shape index (κ2) is 6.79. The minimum Gasteiger partial charge on any atom is -0.309 e. The highest BCUT2D eigenvalue weighted by molar-refractivity contribution is 4.96. The average molecular weight is 281 g/mol. The molecule has 0 radical (unpaired) electrons. The number of hydrogen-bond donors (Lipinski definition) is 1. The van der Waals surface area contributed by atoms with Crippen LogP contribution >= 0.6 is 0 Å². The topological polar surface area (TPSA) is 15.3 Å². The van der Waals surface area contributed by atoms with Gasteiger partial charge in [-0.1, -0.05) is 33.6 Å². The van der Waals surface area contributed by atoms with Crippen LogP contribution in [0.1, 0.15) is 73.1 Å². The summed E-state index contributed by atoms with van der Waals surface area (Å²) in [6, 6.07) is 1.58. The Bertz CT molecular complexity index is 290. The largest absolute Gasteiger partial charge is 0.309 e. The first-order valence-electron chi connectivity index (χ1n) is 8.93. The quantitative estimate of drug-likeness (QED) is 0.835. The van der Waals surface area contributed by atoms with Crippen LogP contribution < -0.4 is 5.32 Å². The van der Waals surface area contributed by atoms with Crippen LogP contribution in [-0.2, 0) is 0 Å². The van der Waals surface area contributed by atoms with Crippen LogP contribution in [0, 0.1) is 11.8 Å². The van der Waals surface area contributed by atoms with Gasteiger partial charge < -0.3 is 5.32 Å². The number of rotatable bonds is 4. The second-order valence-corrected chi connectivity index (χ2v) is 8.21. The van der Waals surface area contributed by atoms with E-state index < -0.39 is 0 Å². The fourth-order valence-electron chi connectivity index (χ4n) is 4.32. The van der Waals surface area contributed by atoms with E-state index in [9.17, 15) is 0 Å². The van der Waals surface area contributed by atoms with Crippen LogP contribution in [-0.4, -0.2) is 35.6 Å². The van der Waals surface area contributed by atoms with Crippen LogP contribution in [0.15, 0.2) is 0 Å². The van der Waals surface area contributed by atoms with Crippen LogP contribution in [0.25, 0.3) is 0 Å². The van der Waals surface area contributed by atoms with Gasteiger partial charge in [-0.15, -0.1) is 0 Å². The molecule has 0 bridgehead atoms. The lowest BCUT2D eigenvalue weighted by Crippen LogP contribution is -2.65. The molecule has 0 amide bonds. The van der Waals surface area contributed by atoms with E-state index in [2.05, 4.69) is 44.8 Å². The molecule has 2 heteroatoms. The van der Waals surface area contributed by atoms with E-state index in [1.807, 2.05) is 0 Å². The predicted molar refractivity (Wildman–Crippen MR) is 88.1 cm³/mol. The highest BCUT2D eigenvalue weighted by atomic mass is 15.3. The Morgan fingerprint density at radius 3 is 2.35 bits per heavy atom. The summed E-state index contributed by atoms with van der Waals surface area (Å²) < 4.78 is 0. The normalized spacial score (nSPS) is 35.4. The zero-order valence-corrected chi connectivity index (χ0v) is 14.4. The van der Waals surface area contributed by atoms with E-state index in [1.54, 1.807) is 0 Å². The molecule has 20 heavy (non-hydrogen) atoms. The fourth-order valence-corrected chi connectivity index (χ4v) is 4.32. The van der Waals surface area contributed by atoms with E-state index in [-0.39, 0.29) is 5.54 Å². The molecular weight excluding hydrogens is 244 g/mol. The van der Waals surface area contributed by atoms with Crippen LogP contribution in [0.5, 0.6) is 0 Å². The van der Waals surface area contributed by atoms with Crippen molar-refractivity contribution < 1.29 is 0 Å². The van der Waals surface area contributed by atoms with Gasteiger partial charge >= 0.3 is 0 Å². The Kier molecular flexibility index (Phi) is 5.53. The van der Waals surface area contributed by atoms with Crippen LogP contribution in [0.4, 0.5) is 0 Å². The Hall–Kier alpha value is -0.0800. The number of hydrogen-bond acceptors (Lipinski definition) is 2. The van der Waals surface area contributed by atoms with Crippen molar-refractivity contribution >= 4 is 0 Å². The van der Waals surface area contributed by atoms with E-state index in [4.69, 9.17) is 0 Å². The molecule has 2 rings (SSSR count). The lowest BCUT2D eigenvalue weighted by Gasteiger charge is -2.51. The molecule has 0 spiro atoms. The molecular formula is C18H36N2. The molecule has 2 fully saturated rings. The number of nitrogens with one attached hydrogen (secondary N) is 1. The van der Waals surface area contributed by atoms with Crippen LogP contribution in [0.3, 0.4) is 0 Å². The summed E-state index contributed by atoms with van der Waals surface area (Å²) in [6.07, 6.45) is 8.62. The third-order valence-electron chi connectivity index (χ3n) is 5.55. The van der Waals surface area contributed by atoms with Crippen molar-refractivity contribution in [3.8, 4) is 0 Å². The molecule has 1 aliphatic carbocycles. The Labute approximate surface area is 126 Å². The Balaban J connectivity index is 1.97. The zero-order chi connectivity index (χ0) is 14.8. The summed E-state index contributed by atoms with van der Waals surface area (Å²) in [7, 11) is 0. The third-order valence-corrected chi connectivity index (χ3v) is 5.55. The maximum Gasteiger partial charge on any atom is 0.0253 e. The highest BCUT2D eigenvalue weighted by Crippen LogP contribution is 2.34. The minimum absolute atomic E-state index is 0.283. The van der Waals surface area contributed by atoms with Crippen molar-refractivity contribution in [2.45, 2.75) is 90.8 Å². The highest BCUT2D eigenvalue weighted by Gasteiger charge is 2.38. The lowest BCUT2D eigenvalue weighted by atomic mass is 9.81. The summed E-state index contributed by atoms with van der Waals surface area (Å²) in [4.78, 5) is 2.86. The first-order valence-corrected chi connectivity index (χ1v) is 8.93. The van der Waals surface area contributed by atoms with Crippen molar-refractivity contribution in [3.63, 3.8) is 0 Å². The molecule has 1 atom stereocenters. The minimum atomic E-state index is 0.283. The molecule has 2 nitrogen and oxygen atoms in total. The molecule has 1 aliphatic heterocycles. The summed E-state index contributed by atoms with van der Waals surface area (Å²) in [5, 5.41) is 3.75. The summed E-state index contributed by atoms with van der Waals surface area (Å²) in [5.41, 5.74) is 0.283. The van der Waals surface area contributed by atoms with Crippen LogP contribution in [0.2, 0.25) is 0 Å². The van der Waals surface area contributed by atoms with Gasteiger partial charge in [0.2, 0.25) is 0 Å². The van der Waals surface area contributed by atoms with E-state index >= 15 is 0 Å². The molecule has 1 saturated carbocycles. The van der Waals surface area contributed by atoms with Gasteiger partial charge in [0, 0.05) is 30.7 Å². The van der Waals surface area contributed by atoms with Crippen molar-refractivity contribution in [3.05, 3.63) is 0 Å². The third kappa shape index (κ3) is 3.98. The number of nitrogens with zero attached hydrogens (tertiary/aromatic N) is 1. The first-order chi connectivity index (χ1) is 9.43. The standard InChI is InChI=1S/C18H36N2/c1-6-7-15-8-10-16(11-9-15)20-13-18(4,5)19-12-17(20)14(2)3/h14-17,19H,6-13H2,1-5H3. The van der Waals surface area contributed by atoms with E-state index in [0.717, 1.165) is 23.9 Å². The SMILES string of the molecule is CCCC1CCC(N2CC(C)(C)NCC2C(C)C)CC1. The Morgan fingerprint density at radius 2 is 1.80 bits per heavy atom. The predicted octanol–water partition coefficient (Wildman–Crippen LogP) is 4.05. The van der Waals surface area contributed by atoms with Crippen molar-refractivity contribution in [1.82, 2.24) is 10.2 Å². The molecule has 0 aromatic rings. The zero-order valence-electron chi connectivity index (χ0n) is 14.4. The maximum absolute atomic E-state index is 3.75. The first kappa shape index (κ1) is 16.3. The molecule has 1 unspecified atom stereocenters. The van der Waals surface area contributed by atoms with Gasteiger partial charge in [0.25, 0.3) is 0 Å². The van der Waals surface area contributed by atoms with Crippen molar-refractivity contribution in [2.75, 3.05) is 13.1 Å². The van der Waals surface area contributed by atoms with Gasteiger partial charge in [-0.3, -0.25) is 4.90 Å². The molecule has 1 heterocycles. The maximum atomic E-state index is 3.75. The Morgan fingerprint density at radius 1 is 1.15 bits per heavy atom. The van der Waals surface area contributed by atoms with Crippen molar-refractivity contribution in [1.29, 1.82) is 0 Å². The summed E-state index contributed by atoms with van der Waals surface area (Å²) >= 11 is 0. The van der Waals surface area contributed by atoms with Crippen molar-refractivity contribution in [2.24, 2.45) is 11.8 Å². The van der Waals surface area contributed by atoms with Gasteiger partial charge in [-0.2, -0.15) is 0 Å². The molecule has 1 saturated heterocycles. The molecule has 1 N–H and O–H groups in total. The molecule has 118 valence electrons. The summed E-state index contributed by atoms with van der Waals surface area (Å²) in [5.74, 6) is 1.77. The molecule has 0 aromatic heterocycles. The van der Waals surface area contributed by atoms with Gasteiger partial charge in [-0.25, -0.2) is 0 Å². The van der Waals surface area contributed by atoms with E-state index in [1.165, 1.54) is 51.6 Å².